The molecule has 5 rings (SSSR count). The number of nitrogens with zero attached hydrogens (tertiary/aromatic N) is 4. The summed E-state index contributed by atoms with van der Waals surface area (Å²) in [6, 6.07) is 18.1. The zero-order valence-corrected chi connectivity index (χ0v) is 13.8. The van der Waals surface area contributed by atoms with Crippen LogP contribution >= 0.6 is 0 Å². The van der Waals surface area contributed by atoms with E-state index < -0.39 is 0 Å². The van der Waals surface area contributed by atoms with Gasteiger partial charge in [0, 0.05) is 30.5 Å². The van der Waals surface area contributed by atoms with Crippen molar-refractivity contribution in [2.24, 2.45) is 0 Å². The summed E-state index contributed by atoms with van der Waals surface area (Å²) in [5.41, 5.74) is 4.37. The highest BCUT2D eigenvalue weighted by Crippen LogP contribution is 2.27. The summed E-state index contributed by atoms with van der Waals surface area (Å²) in [6.45, 7) is 0.667. The Morgan fingerprint density at radius 2 is 1.85 bits per heavy atom. The van der Waals surface area contributed by atoms with Gasteiger partial charge >= 0.3 is 0 Å². The molecule has 3 aromatic rings. The van der Waals surface area contributed by atoms with Gasteiger partial charge in [-0.2, -0.15) is 10.2 Å². The maximum absolute atomic E-state index is 12.1. The zero-order valence-electron chi connectivity index (χ0n) is 13.8. The third-order valence-electron chi connectivity index (χ3n) is 4.58. The lowest BCUT2D eigenvalue weighted by molar-refractivity contribution is 0.824. The van der Waals surface area contributed by atoms with Gasteiger partial charge in [0.15, 0.2) is 0 Å². The average molecular weight is 341 g/mol. The number of hydrogen-bond donors (Lipinski definition) is 1. The monoisotopic (exact) mass is 341 g/mol. The zero-order chi connectivity index (χ0) is 17.5. The second kappa shape index (κ2) is 5.70. The lowest BCUT2D eigenvalue weighted by Crippen LogP contribution is -2.08. The largest absolute Gasteiger partial charge is 0.342 e. The fourth-order valence-corrected chi connectivity index (χ4v) is 3.31. The third-order valence-corrected chi connectivity index (χ3v) is 4.58. The first kappa shape index (κ1) is 14.7. The molecule has 0 unspecified atom stereocenters. The van der Waals surface area contributed by atoms with E-state index in [0.717, 1.165) is 27.8 Å². The topological polar surface area (TPSA) is 68.5 Å². The molecular formula is C20H15N5O. The van der Waals surface area contributed by atoms with Crippen LogP contribution in [-0.2, 0) is 6.54 Å². The Kier molecular flexibility index (Phi) is 3.21. The Labute approximate surface area is 148 Å². The molecule has 2 aromatic carbocycles. The Hall–Kier alpha value is -3.67. The van der Waals surface area contributed by atoms with Gasteiger partial charge < -0.3 is 4.57 Å². The number of fused-ring (bicyclic) bond motifs is 3. The molecule has 0 saturated heterocycles. The molecule has 0 atom stereocenters. The number of benzene rings is 2. The first-order valence-electron chi connectivity index (χ1n) is 8.35. The smallest absolute Gasteiger partial charge is 0.275 e. The van der Waals surface area contributed by atoms with E-state index in [9.17, 15) is 4.79 Å². The molecule has 1 N–H and O–H groups in total. The van der Waals surface area contributed by atoms with Crippen molar-refractivity contribution >= 4 is 10.9 Å². The van der Waals surface area contributed by atoms with Crippen LogP contribution in [0.25, 0.3) is 27.8 Å². The molecule has 0 saturated carbocycles. The third kappa shape index (κ3) is 2.31. The number of hydrogen-bond acceptors (Lipinski definition) is 3. The molecule has 126 valence electrons. The summed E-state index contributed by atoms with van der Waals surface area (Å²) in [6.07, 6.45) is 5.56. The number of para-hydroxylation sites is 1. The predicted octanol–water partition coefficient (Wildman–Crippen LogP) is 3.06. The van der Waals surface area contributed by atoms with Gasteiger partial charge in [-0.1, -0.05) is 30.3 Å². The molecule has 0 spiro atoms. The van der Waals surface area contributed by atoms with Gasteiger partial charge in [-0.3, -0.25) is 4.79 Å². The second-order valence-electron chi connectivity index (χ2n) is 6.21. The molecule has 0 bridgehead atoms. The lowest BCUT2D eigenvalue weighted by Gasteiger charge is -2.14. The number of aromatic nitrogens is 5. The second-order valence-corrected chi connectivity index (χ2v) is 6.21. The Morgan fingerprint density at radius 1 is 1.00 bits per heavy atom. The van der Waals surface area contributed by atoms with Gasteiger partial charge in [0.05, 0.1) is 16.8 Å². The van der Waals surface area contributed by atoms with Crippen LogP contribution in [0.5, 0.6) is 0 Å². The van der Waals surface area contributed by atoms with Crippen LogP contribution in [0.3, 0.4) is 0 Å². The van der Waals surface area contributed by atoms with Crippen LogP contribution in [-0.4, -0.2) is 24.5 Å². The predicted molar refractivity (Wildman–Crippen MR) is 99.6 cm³/mol. The van der Waals surface area contributed by atoms with Gasteiger partial charge in [0.1, 0.15) is 5.69 Å². The van der Waals surface area contributed by atoms with Crippen molar-refractivity contribution in [3.05, 3.63) is 89.1 Å². The van der Waals surface area contributed by atoms with Gasteiger partial charge in [-0.05, 0) is 29.8 Å². The van der Waals surface area contributed by atoms with Crippen molar-refractivity contribution in [3.63, 3.8) is 0 Å². The number of H-pyrrole nitrogens is 1. The quantitative estimate of drug-likeness (QED) is 0.548. The molecule has 2 aliphatic heterocycles. The Balaban J connectivity index is 1.59. The van der Waals surface area contributed by atoms with E-state index in [1.807, 2.05) is 59.5 Å². The summed E-state index contributed by atoms with van der Waals surface area (Å²) in [7, 11) is 0. The molecule has 0 aliphatic carbocycles. The minimum Gasteiger partial charge on any atom is -0.342 e. The average Bonchev–Trinajstić information content (AvgIpc) is 3.33. The Morgan fingerprint density at radius 3 is 2.65 bits per heavy atom. The summed E-state index contributed by atoms with van der Waals surface area (Å²) < 4.78 is 3.92. The summed E-state index contributed by atoms with van der Waals surface area (Å²) in [5.74, 6) is 0. The number of nitrogens with one attached hydrogen (secondary N) is 1. The maximum Gasteiger partial charge on any atom is 0.275 e. The van der Waals surface area contributed by atoms with Crippen molar-refractivity contribution in [1.82, 2.24) is 24.5 Å². The normalized spacial score (nSPS) is 11.4. The SMILES string of the molecule is O=c1[nH]nc2c3ccccc3n(Cc3ccc(-n4cccn4)cc3)cc1-2. The van der Waals surface area contributed by atoms with E-state index in [4.69, 9.17) is 0 Å². The van der Waals surface area contributed by atoms with Gasteiger partial charge in [0.25, 0.3) is 5.56 Å². The molecule has 26 heavy (non-hydrogen) atoms. The van der Waals surface area contributed by atoms with Crippen LogP contribution in [0.15, 0.2) is 78.0 Å². The summed E-state index contributed by atoms with van der Waals surface area (Å²) in [5, 5.41) is 11.9. The van der Waals surface area contributed by atoms with Crippen LogP contribution < -0.4 is 5.56 Å². The molecule has 1 aromatic heterocycles. The molecule has 3 heterocycles. The summed E-state index contributed by atoms with van der Waals surface area (Å²) >= 11 is 0. The fourth-order valence-electron chi connectivity index (χ4n) is 3.31. The van der Waals surface area contributed by atoms with E-state index in [0.29, 0.717) is 12.1 Å². The fraction of sp³-hybridized carbons (Fsp3) is 0.0500. The van der Waals surface area contributed by atoms with Crippen molar-refractivity contribution in [2.45, 2.75) is 6.54 Å². The lowest BCUT2D eigenvalue weighted by atomic mass is 10.1. The van der Waals surface area contributed by atoms with Crippen LogP contribution in [0.1, 0.15) is 5.56 Å². The van der Waals surface area contributed by atoms with Gasteiger partial charge in [-0.25, -0.2) is 9.78 Å². The number of aromatic amines is 1. The van der Waals surface area contributed by atoms with Crippen molar-refractivity contribution in [1.29, 1.82) is 0 Å². The van der Waals surface area contributed by atoms with Crippen LogP contribution in [0.4, 0.5) is 0 Å². The van der Waals surface area contributed by atoms with E-state index >= 15 is 0 Å². The molecule has 0 radical (unpaired) electrons. The first-order valence-corrected chi connectivity index (χ1v) is 8.35. The van der Waals surface area contributed by atoms with Crippen molar-refractivity contribution < 1.29 is 0 Å². The molecule has 6 heteroatoms. The summed E-state index contributed by atoms with van der Waals surface area (Å²) in [4.78, 5) is 12.1. The highest BCUT2D eigenvalue weighted by molar-refractivity contribution is 5.93. The number of pyridine rings is 1. The number of rotatable bonds is 3. The van der Waals surface area contributed by atoms with Gasteiger partial charge in [-0.15, -0.1) is 0 Å². The van der Waals surface area contributed by atoms with E-state index in [1.54, 1.807) is 6.20 Å². The highest BCUT2D eigenvalue weighted by atomic mass is 16.1. The van der Waals surface area contributed by atoms with E-state index in [-0.39, 0.29) is 5.56 Å². The standard InChI is InChI=1S/C20H15N5O/c26-20-17-13-24(18-5-2-1-4-16(18)19(17)22-23-20)12-14-6-8-15(9-7-14)25-11-3-10-21-25/h1-11,13H,12H2,(H,23,26). The Bertz CT molecular complexity index is 1220. The van der Waals surface area contributed by atoms with E-state index in [2.05, 4.69) is 32.0 Å². The minimum absolute atomic E-state index is 0.159. The molecule has 0 fully saturated rings. The van der Waals surface area contributed by atoms with Crippen LogP contribution in [0, 0.1) is 0 Å². The molecular weight excluding hydrogens is 326 g/mol. The molecule has 6 nitrogen and oxygen atoms in total. The maximum atomic E-state index is 12.1. The molecule has 0 amide bonds. The first-order chi connectivity index (χ1) is 12.8. The van der Waals surface area contributed by atoms with Gasteiger partial charge in [0.2, 0.25) is 0 Å². The van der Waals surface area contributed by atoms with Crippen molar-refractivity contribution in [3.8, 4) is 16.9 Å². The highest BCUT2D eigenvalue weighted by Gasteiger charge is 2.16. The van der Waals surface area contributed by atoms with Crippen molar-refractivity contribution in [2.75, 3.05) is 0 Å². The minimum atomic E-state index is -0.159. The van der Waals surface area contributed by atoms with E-state index in [1.165, 1.54) is 0 Å². The van der Waals surface area contributed by atoms with Crippen LogP contribution in [0.2, 0.25) is 0 Å². The molecule has 2 aliphatic rings.